The predicted molar refractivity (Wildman–Crippen MR) is 86.0 cm³/mol. The second-order valence-electron chi connectivity index (χ2n) is 4.36. The first kappa shape index (κ1) is 14.9. The average Bonchev–Trinajstić information content (AvgIpc) is 2.43. The summed E-state index contributed by atoms with van der Waals surface area (Å²) in [5.41, 5.74) is 7.87. The number of carbonyl (C=O) groups is 1. The van der Waals surface area contributed by atoms with Gasteiger partial charge in [-0.25, -0.2) is 0 Å². The smallest absolute Gasteiger partial charge is 0.253 e. The van der Waals surface area contributed by atoms with Gasteiger partial charge in [-0.3, -0.25) is 4.79 Å². The molecular formula is C15H14BrClN2O. The zero-order valence-corrected chi connectivity index (χ0v) is 13.0. The highest BCUT2D eigenvalue weighted by Crippen LogP contribution is 2.18. The number of anilines is 1. The Morgan fingerprint density at radius 3 is 2.60 bits per heavy atom. The molecule has 0 aromatic heterocycles. The van der Waals surface area contributed by atoms with Crippen LogP contribution in [0.2, 0.25) is 5.02 Å². The molecule has 0 aliphatic carbocycles. The molecule has 20 heavy (non-hydrogen) atoms. The first-order chi connectivity index (χ1) is 9.56. The van der Waals surface area contributed by atoms with Gasteiger partial charge in [-0.15, -0.1) is 0 Å². The molecule has 5 heteroatoms. The van der Waals surface area contributed by atoms with E-state index >= 15 is 0 Å². The van der Waals surface area contributed by atoms with E-state index in [1.54, 1.807) is 18.2 Å². The Morgan fingerprint density at radius 1 is 1.20 bits per heavy atom. The molecule has 0 spiro atoms. The van der Waals surface area contributed by atoms with Crippen LogP contribution in [-0.4, -0.2) is 12.5 Å². The van der Waals surface area contributed by atoms with Crippen LogP contribution in [0.1, 0.15) is 15.9 Å². The first-order valence-corrected chi connectivity index (χ1v) is 7.31. The Kier molecular flexibility index (Phi) is 5.04. The highest BCUT2D eigenvalue weighted by molar-refractivity contribution is 9.10. The number of carbonyl (C=O) groups excluding carboxylic acids is 1. The van der Waals surface area contributed by atoms with E-state index in [4.69, 9.17) is 17.3 Å². The van der Waals surface area contributed by atoms with Crippen molar-refractivity contribution in [1.29, 1.82) is 0 Å². The third kappa shape index (κ3) is 3.99. The van der Waals surface area contributed by atoms with Crippen LogP contribution < -0.4 is 11.1 Å². The summed E-state index contributed by atoms with van der Waals surface area (Å²) in [5, 5.41) is 3.57. The van der Waals surface area contributed by atoms with Gasteiger partial charge in [-0.2, -0.15) is 0 Å². The monoisotopic (exact) mass is 352 g/mol. The molecule has 0 bridgehead atoms. The van der Waals surface area contributed by atoms with E-state index in [-0.39, 0.29) is 5.91 Å². The maximum absolute atomic E-state index is 12.0. The largest absolute Gasteiger partial charge is 0.398 e. The van der Waals surface area contributed by atoms with Crippen LogP contribution in [0.15, 0.2) is 46.9 Å². The average molecular weight is 354 g/mol. The van der Waals surface area contributed by atoms with E-state index in [0.29, 0.717) is 22.8 Å². The fraction of sp³-hybridized carbons (Fsp3) is 0.133. The Balaban J connectivity index is 1.92. The molecule has 0 saturated carbocycles. The normalized spacial score (nSPS) is 10.3. The lowest BCUT2D eigenvalue weighted by molar-refractivity contribution is 0.0955. The topological polar surface area (TPSA) is 55.1 Å². The van der Waals surface area contributed by atoms with Gasteiger partial charge in [0.2, 0.25) is 0 Å². The lowest BCUT2D eigenvalue weighted by Crippen LogP contribution is -2.26. The maximum atomic E-state index is 12.0. The lowest BCUT2D eigenvalue weighted by Gasteiger charge is -2.08. The fourth-order valence-electron chi connectivity index (χ4n) is 1.79. The number of hydrogen-bond donors (Lipinski definition) is 2. The highest BCUT2D eigenvalue weighted by atomic mass is 79.9. The molecule has 0 atom stereocenters. The van der Waals surface area contributed by atoms with E-state index in [9.17, 15) is 4.79 Å². The number of nitrogens with one attached hydrogen (secondary N) is 1. The molecule has 2 rings (SSSR count). The van der Waals surface area contributed by atoms with Crippen LogP contribution >= 0.6 is 27.5 Å². The number of nitrogens with two attached hydrogens (primary N) is 1. The van der Waals surface area contributed by atoms with Crippen LogP contribution in [0.5, 0.6) is 0 Å². The van der Waals surface area contributed by atoms with Gasteiger partial charge in [-0.05, 0) is 42.3 Å². The van der Waals surface area contributed by atoms with Crippen LogP contribution in [-0.2, 0) is 6.42 Å². The molecule has 0 aliphatic rings. The van der Waals surface area contributed by atoms with Crippen molar-refractivity contribution in [2.75, 3.05) is 12.3 Å². The van der Waals surface area contributed by atoms with Gasteiger partial charge < -0.3 is 11.1 Å². The molecule has 0 unspecified atom stereocenters. The summed E-state index contributed by atoms with van der Waals surface area (Å²) in [6.07, 6.45) is 0.747. The van der Waals surface area contributed by atoms with Gasteiger partial charge in [0.05, 0.1) is 5.56 Å². The van der Waals surface area contributed by atoms with Crippen molar-refractivity contribution >= 4 is 39.1 Å². The van der Waals surface area contributed by atoms with Crippen molar-refractivity contribution in [1.82, 2.24) is 5.32 Å². The van der Waals surface area contributed by atoms with Crippen LogP contribution in [0, 0.1) is 0 Å². The van der Waals surface area contributed by atoms with E-state index in [0.717, 1.165) is 16.5 Å². The summed E-state index contributed by atoms with van der Waals surface area (Å²) in [4.78, 5) is 12.0. The SMILES string of the molecule is Nc1ccc(Br)cc1C(=O)NCCc1ccc(Cl)cc1. The number of halogens is 2. The Morgan fingerprint density at radius 2 is 1.90 bits per heavy atom. The fourth-order valence-corrected chi connectivity index (χ4v) is 2.28. The minimum absolute atomic E-state index is 0.169. The summed E-state index contributed by atoms with van der Waals surface area (Å²) in [6, 6.07) is 12.8. The predicted octanol–water partition coefficient (Wildman–Crippen LogP) is 3.66. The van der Waals surface area contributed by atoms with Gasteiger partial charge >= 0.3 is 0 Å². The molecule has 3 nitrogen and oxygen atoms in total. The highest BCUT2D eigenvalue weighted by Gasteiger charge is 2.09. The van der Waals surface area contributed by atoms with Crippen molar-refractivity contribution in [2.24, 2.45) is 0 Å². The van der Waals surface area contributed by atoms with Crippen molar-refractivity contribution < 1.29 is 4.79 Å². The Labute approximate surface area is 131 Å². The molecule has 104 valence electrons. The standard InChI is InChI=1S/C15H14BrClN2O/c16-11-3-6-14(18)13(9-11)15(20)19-8-7-10-1-4-12(17)5-2-10/h1-6,9H,7-8,18H2,(H,19,20). The van der Waals surface area contributed by atoms with Gasteiger partial charge in [-0.1, -0.05) is 39.7 Å². The zero-order chi connectivity index (χ0) is 14.5. The summed E-state index contributed by atoms with van der Waals surface area (Å²) >= 11 is 9.15. The third-order valence-corrected chi connectivity index (χ3v) is 3.62. The number of rotatable bonds is 4. The van der Waals surface area contributed by atoms with E-state index in [1.165, 1.54) is 0 Å². The van der Waals surface area contributed by atoms with Crippen LogP contribution in [0.3, 0.4) is 0 Å². The molecule has 2 aromatic rings. The van der Waals surface area contributed by atoms with Crippen molar-refractivity contribution in [3.05, 3.63) is 63.1 Å². The minimum atomic E-state index is -0.169. The first-order valence-electron chi connectivity index (χ1n) is 6.14. The third-order valence-electron chi connectivity index (χ3n) is 2.87. The van der Waals surface area contributed by atoms with Crippen LogP contribution in [0.4, 0.5) is 5.69 Å². The second-order valence-corrected chi connectivity index (χ2v) is 5.72. The van der Waals surface area contributed by atoms with Crippen molar-refractivity contribution in [3.8, 4) is 0 Å². The molecule has 0 heterocycles. The molecule has 0 fully saturated rings. The quantitative estimate of drug-likeness (QED) is 0.824. The molecule has 0 saturated heterocycles. The van der Waals surface area contributed by atoms with E-state index in [2.05, 4.69) is 21.2 Å². The van der Waals surface area contributed by atoms with Crippen molar-refractivity contribution in [2.45, 2.75) is 6.42 Å². The number of amides is 1. The summed E-state index contributed by atoms with van der Waals surface area (Å²) in [6.45, 7) is 0.548. The number of hydrogen-bond acceptors (Lipinski definition) is 2. The van der Waals surface area contributed by atoms with Gasteiger partial charge in [0, 0.05) is 21.7 Å². The zero-order valence-electron chi connectivity index (χ0n) is 10.7. The number of nitrogen functional groups attached to an aromatic ring is 1. The summed E-state index contributed by atoms with van der Waals surface area (Å²) in [5.74, 6) is -0.169. The molecule has 3 N–H and O–H groups in total. The Bertz CT molecular complexity index is 614. The lowest BCUT2D eigenvalue weighted by atomic mass is 10.1. The van der Waals surface area contributed by atoms with Crippen LogP contribution in [0.25, 0.3) is 0 Å². The molecular weight excluding hydrogens is 340 g/mol. The summed E-state index contributed by atoms with van der Waals surface area (Å²) < 4.78 is 0.828. The summed E-state index contributed by atoms with van der Waals surface area (Å²) in [7, 11) is 0. The van der Waals surface area contributed by atoms with Gasteiger partial charge in [0.1, 0.15) is 0 Å². The minimum Gasteiger partial charge on any atom is -0.398 e. The molecule has 0 aliphatic heterocycles. The maximum Gasteiger partial charge on any atom is 0.253 e. The van der Waals surface area contributed by atoms with E-state index in [1.807, 2.05) is 24.3 Å². The van der Waals surface area contributed by atoms with Gasteiger partial charge in [0.25, 0.3) is 5.91 Å². The Hall–Kier alpha value is -1.52. The molecule has 2 aromatic carbocycles. The molecule has 0 radical (unpaired) electrons. The van der Waals surface area contributed by atoms with Crippen molar-refractivity contribution in [3.63, 3.8) is 0 Å². The van der Waals surface area contributed by atoms with Gasteiger partial charge in [0.15, 0.2) is 0 Å². The number of benzene rings is 2. The van der Waals surface area contributed by atoms with E-state index < -0.39 is 0 Å². The molecule has 1 amide bonds. The second kappa shape index (κ2) is 6.77.